The summed E-state index contributed by atoms with van der Waals surface area (Å²) in [5.74, 6) is 1.35. The average molecular weight is 313 g/mol. The molecule has 0 atom stereocenters. The lowest BCUT2D eigenvalue weighted by Gasteiger charge is -2.15. The third-order valence-corrected chi connectivity index (χ3v) is 3.28. The molecule has 0 unspecified atom stereocenters. The number of rotatable bonds is 4. The molecule has 3 aromatic rings. The van der Waals surface area contributed by atoms with Gasteiger partial charge in [-0.05, 0) is 38.1 Å². The summed E-state index contributed by atoms with van der Waals surface area (Å²) in [6.45, 7) is 6.48. The lowest BCUT2D eigenvalue weighted by atomic mass is 10.1. The molecule has 0 aliphatic rings. The summed E-state index contributed by atoms with van der Waals surface area (Å²) in [6, 6.07) is 7.70. The molecule has 0 N–H and O–H groups in total. The number of benzene rings is 1. The molecule has 23 heavy (non-hydrogen) atoms. The number of methoxy groups -OCH3 is 1. The SMILES string of the molecule is COc1ccccc1-c1cn(Cc2nnn(C(C)(C)C)n2)nn1. The molecule has 2 aromatic heterocycles. The zero-order valence-electron chi connectivity index (χ0n) is 13.6. The fraction of sp³-hybridized carbons (Fsp3) is 0.400. The average Bonchev–Trinajstić information content (AvgIpc) is 3.16. The summed E-state index contributed by atoms with van der Waals surface area (Å²) in [6.07, 6.45) is 1.84. The van der Waals surface area contributed by atoms with Gasteiger partial charge in [0.25, 0.3) is 0 Å². The van der Waals surface area contributed by atoms with Crippen LogP contribution in [0, 0.1) is 0 Å². The maximum absolute atomic E-state index is 5.35. The van der Waals surface area contributed by atoms with E-state index in [4.69, 9.17) is 4.74 Å². The molecule has 0 radical (unpaired) electrons. The standard InChI is InChI=1S/C15H19N7O/c1-15(2,3)22-18-14(17-20-22)10-21-9-12(16-19-21)11-7-5-6-8-13(11)23-4/h5-9H,10H2,1-4H3. The molecule has 3 rings (SSSR count). The maximum Gasteiger partial charge on any atom is 0.196 e. The quantitative estimate of drug-likeness (QED) is 0.729. The van der Waals surface area contributed by atoms with Crippen molar-refractivity contribution in [1.82, 2.24) is 35.2 Å². The van der Waals surface area contributed by atoms with E-state index in [1.807, 2.05) is 51.2 Å². The first-order valence-electron chi connectivity index (χ1n) is 7.30. The van der Waals surface area contributed by atoms with Gasteiger partial charge in [-0.2, -0.15) is 4.80 Å². The van der Waals surface area contributed by atoms with Crippen LogP contribution in [0.25, 0.3) is 11.3 Å². The van der Waals surface area contributed by atoms with E-state index in [1.165, 1.54) is 0 Å². The second kappa shape index (κ2) is 5.79. The molecule has 0 amide bonds. The van der Waals surface area contributed by atoms with Gasteiger partial charge in [-0.15, -0.1) is 15.3 Å². The molecular formula is C15H19N7O. The lowest BCUT2D eigenvalue weighted by Crippen LogP contribution is -2.24. The fourth-order valence-electron chi connectivity index (χ4n) is 2.09. The van der Waals surface area contributed by atoms with E-state index in [-0.39, 0.29) is 5.54 Å². The van der Waals surface area contributed by atoms with Gasteiger partial charge in [0.15, 0.2) is 5.82 Å². The van der Waals surface area contributed by atoms with E-state index in [9.17, 15) is 0 Å². The van der Waals surface area contributed by atoms with Crippen LogP contribution in [0.1, 0.15) is 26.6 Å². The van der Waals surface area contributed by atoms with Gasteiger partial charge in [-0.1, -0.05) is 17.3 Å². The Morgan fingerprint density at radius 1 is 1.09 bits per heavy atom. The number of ether oxygens (including phenoxy) is 1. The summed E-state index contributed by atoms with van der Waals surface area (Å²) in [4.78, 5) is 1.60. The third-order valence-electron chi connectivity index (χ3n) is 3.28. The Labute approximate surface area is 134 Å². The molecule has 0 saturated carbocycles. The van der Waals surface area contributed by atoms with Gasteiger partial charge in [0, 0.05) is 5.56 Å². The van der Waals surface area contributed by atoms with Gasteiger partial charge in [0.05, 0.1) is 18.8 Å². The number of tetrazole rings is 1. The highest BCUT2D eigenvalue weighted by molar-refractivity contribution is 5.65. The van der Waals surface area contributed by atoms with E-state index in [1.54, 1.807) is 16.6 Å². The molecule has 0 saturated heterocycles. The zero-order chi connectivity index (χ0) is 16.4. The fourth-order valence-corrected chi connectivity index (χ4v) is 2.09. The molecule has 0 fully saturated rings. The molecule has 2 heterocycles. The minimum absolute atomic E-state index is 0.198. The van der Waals surface area contributed by atoms with Crippen molar-refractivity contribution in [1.29, 1.82) is 0 Å². The minimum Gasteiger partial charge on any atom is -0.496 e. The van der Waals surface area contributed by atoms with Crippen molar-refractivity contribution in [3.63, 3.8) is 0 Å². The number of hydrogen-bond donors (Lipinski definition) is 0. The molecule has 8 nitrogen and oxygen atoms in total. The summed E-state index contributed by atoms with van der Waals surface area (Å²) in [7, 11) is 1.64. The van der Waals surface area contributed by atoms with E-state index in [2.05, 4.69) is 25.7 Å². The largest absolute Gasteiger partial charge is 0.496 e. The van der Waals surface area contributed by atoms with Crippen molar-refractivity contribution in [2.24, 2.45) is 0 Å². The summed E-state index contributed by atoms with van der Waals surface area (Å²) in [5, 5.41) is 20.8. The second-order valence-corrected chi connectivity index (χ2v) is 6.17. The molecule has 0 aliphatic heterocycles. The van der Waals surface area contributed by atoms with Crippen LogP contribution in [0.5, 0.6) is 5.75 Å². The van der Waals surface area contributed by atoms with Crippen molar-refractivity contribution in [3.8, 4) is 17.0 Å². The van der Waals surface area contributed by atoms with Crippen LogP contribution >= 0.6 is 0 Å². The topological polar surface area (TPSA) is 83.5 Å². The zero-order valence-corrected chi connectivity index (χ0v) is 13.6. The van der Waals surface area contributed by atoms with Crippen molar-refractivity contribution in [2.45, 2.75) is 32.9 Å². The first-order valence-corrected chi connectivity index (χ1v) is 7.30. The molecule has 120 valence electrons. The van der Waals surface area contributed by atoms with Crippen LogP contribution < -0.4 is 4.74 Å². The van der Waals surface area contributed by atoms with Crippen LogP contribution in [0.4, 0.5) is 0 Å². The summed E-state index contributed by atoms with van der Waals surface area (Å²) in [5.41, 5.74) is 1.44. The van der Waals surface area contributed by atoms with Gasteiger partial charge < -0.3 is 4.74 Å². The van der Waals surface area contributed by atoms with Gasteiger partial charge in [0.1, 0.15) is 18.0 Å². The monoisotopic (exact) mass is 313 g/mol. The molecule has 1 aromatic carbocycles. The van der Waals surface area contributed by atoms with Gasteiger partial charge in [-0.3, -0.25) is 0 Å². The molecule has 0 aliphatic carbocycles. The summed E-state index contributed by atoms with van der Waals surface area (Å²) < 4.78 is 7.04. The Hall–Kier alpha value is -2.77. The Bertz CT molecular complexity index is 800. The van der Waals surface area contributed by atoms with E-state index < -0.39 is 0 Å². The van der Waals surface area contributed by atoms with Gasteiger partial charge in [0.2, 0.25) is 0 Å². The third kappa shape index (κ3) is 3.20. The molecule has 0 spiro atoms. The van der Waals surface area contributed by atoms with Crippen LogP contribution in [-0.4, -0.2) is 42.3 Å². The molecular weight excluding hydrogens is 294 g/mol. The van der Waals surface area contributed by atoms with Crippen molar-refractivity contribution >= 4 is 0 Å². The smallest absolute Gasteiger partial charge is 0.196 e. The number of aromatic nitrogens is 7. The molecule has 0 bridgehead atoms. The van der Waals surface area contributed by atoms with Crippen molar-refractivity contribution in [2.75, 3.05) is 7.11 Å². The number of hydrogen-bond acceptors (Lipinski definition) is 6. The van der Waals surface area contributed by atoms with Crippen LogP contribution in [0.3, 0.4) is 0 Å². The van der Waals surface area contributed by atoms with Gasteiger partial charge in [-0.25, -0.2) is 4.68 Å². The Kier molecular flexibility index (Phi) is 3.81. The van der Waals surface area contributed by atoms with Crippen LogP contribution in [0.15, 0.2) is 30.5 Å². The Balaban J connectivity index is 1.81. The maximum atomic E-state index is 5.35. The normalized spacial score (nSPS) is 11.7. The van der Waals surface area contributed by atoms with Crippen molar-refractivity contribution < 1.29 is 4.74 Å². The Morgan fingerprint density at radius 2 is 1.87 bits per heavy atom. The van der Waals surface area contributed by atoms with E-state index >= 15 is 0 Å². The lowest BCUT2D eigenvalue weighted by molar-refractivity contribution is 0.305. The first kappa shape index (κ1) is 15.1. The highest BCUT2D eigenvalue weighted by atomic mass is 16.5. The van der Waals surface area contributed by atoms with Crippen molar-refractivity contribution in [3.05, 3.63) is 36.3 Å². The predicted molar refractivity (Wildman–Crippen MR) is 83.9 cm³/mol. The minimum atomic E-state index is -0.198. The number of nitrogens with zero attached hydrogens (tertiary/aromatic N) is 7. The Morgan fingerprint density at radius 3 is 2.57 bits per heavy atom. The number of para-hydroxylation sites is 1. The van der Waals surface area contributed by atoms with Crippen LogP contribution in [0.2, 0.25) is 0 Å². The van der Waals surface area contributed by atoms with Gasteiger partial charge >= 0.3 is 0 Å². The van der Waals surface area contributed by atoms with E-state index in [0.717, 1.165) is 17.0 Å². The highest BCUT2D eigenvalue weighted by Gasteiger charge is 2.17. The second-order valence-electron chi connectivity index (χ2n) is 6.17. The highest BCUT2D eigenvalue weighted by Crippen LogP contribution is 2.27. The summed E-state index contributed by atoms with van der Waals surface area (Å²) >= 11 is 0. The van der Waals surface area contributed by atoms with E-state index in [0.29, 0.717) is 12.4 Å². The first-order chi connectivity index (χ1) is 11.0. The molecule has 8 heteroatoms. The predicted octanol–water partition coefficient (Wildman–Crippen LogP) is 1.74. The van der Waals surface area contributed by atoms with Crippen LogP contribution in [-0.2, 0) is 12.1 Å².